The smallest absolute Gasteiger partial charge is 0.325 e. The number of nitrogens with zero attached hydrogens (tertiary/aromatic N) is 2. The van der Waals surface area contributed by atoms with E-state index in [1.165, 1.54) is 0 Å². The summed E-state index contributed by atoms with van der Waals surface area (Å²) in [4.78, 5) is 11.6. The van der Waals surface area contributed by atoms with Gasteiger partial charge in [0, 0.05) is 0 Å². The van der Waals surface area contributed by atoms with Crippen LogP contribution < -0.4 is 10.5 Å². The van der Waals surface area contributed by atoms with Crippen molar-refractivity contribution in [3.05, 3.63) is 12.4 Å². The van der Waals surface area contributed by atoms with E-state index >= 15 is 0 Å². The van der Waals surface area contributed by atoms with Crippen LogP contribution in [-0.4, -0.2) is 34.5 Å². The molecule has 0 saturated heterocycles. The standard InChI is InChI=1S/C11H19N3O3/c1-11(2,3)17-10(15)9(12)7-14-6-8(16-4)5-13-14/h5-6,9H,7,12H2,1-4H3. The van der Waals surface area contributed by atoms with E-state index < -0.39 is 17.6 Å². The van der Waals surface area contributed by atoms with Gasteiger partial charge in [0.15, 0.2) is 5.75 Å². The van der Waals surface area contributed by atoms with Gasteiger partial charge in [-0.05, 0) is 20.8 Å². The highest BCUT2D eigenvalue weighted by Gasteiger charge is 2.22. The van der Waals surface area contributed by atoms with Gasteiger partial charge in [0.2, 0.25) is 0 Å². The molecule has 0 aromatic carbocycles. The molecule has 0 aliphatic carbocycles. The minimum absolute atomic E-state index is 0.262. The monoisotopic (exact) mass is 241 g/mol. The van der Waals surface area contributed by atoms with Crippen LogP contribution in [0.2, 0.25) is 0 Å². The van der Waals surface area contributed by atoms with Gasteiger partial charge in [0.05, 0.1) is 26.0 Å². The molecular weight excluding hydrogens is 222 g/mol. The Balaban J connectivity index is 2.54. The van der Waals surface area contributed by atoms with Gasteiger partial charge in [-0.15, -0.1) is 0 Å². The molecular formula is C11H19N3O3. The first-order chi connectivity index (χ1) is 7.81. The summed E-state index contributed by atoms with van der Waals surface area (Å²) in [5.74, 6) is 0.188. The average Bonchev–Trinajstić information content (AvgIpc) is 2.62. The lowest BCUT2D eigenvalue weighted by atomic mass is 10.2. The molecule has 1 heterocycles. The van der Waals surface area contributed by atoms with Gasteiger partial charge in [0.1, 0.15) is 11.6 Å². The quantitative estimate of drug-likeness (QED) is 0.779. The fourth-order valence-electron chi connectivity index (χ4n) is 1.20. The number of hydrogen-bond donors (Lipinski definition) is 1. The molecule has 1 atom stereocenters. The number of esters is 1. The Morgan fingerprint density at radius 3 is 2.71 bits per heavy atom. The molecule has 1 rings (SSSR count). The molecule has 0 aliphatic heterocycles. The molecule has 1 aromatic rings. The molecule has 17 heavy (non-hydrogen) atoms. The Labute approximate surface area is 101 Å². The Hall–Kier alpha value is -1.56. The number of carbonyl (C=O) groups is 1. The van der Waals surface area contributed by atoms with E-state index in [1.807, 2.05) is 0 Å². The number of methoxy groups -OCH3 is 1. The summed E-state index contributed by atoms with van der Waals surface area (Å²) in [5, 5.41) is 4.01. The molecule has 6 heteroatoms. The number of aromatic nitrogens is 2. The maximum absolute atomic E-state index is 11.6. The first-order valence-electron chi connectivity index (χ1n) is 5.36. The van der Waals surface area contributed by atoms with Crippen LogP contribution in [0.15, 0.2) is 12.4 Å². The molecule has 0 saturated carbocycles. The Kier molecular flexibility index (Phi) is 4.11. The topological polar surface area (TPSA) is 79.4 Å². The summed E-state index contributed by atoms with van der Waals surface area (Å²) in [5.41, 5.74) is 5.20. The number of nitrogens with two attached hydrogens (primary N) is 1. The second-order valence-electron chi connectivity index (χ2n) is 4.74. The van der Waals surface area contributed by atoms with E-state index in [1.54, 1.807) is 45.0 Å². The van der Waals surface area contributed by atoms with Crippen LogP contribution in [0.5, 0.6) is 5.75 Å². The van der Waals surface area contributed by atoms with Gasteiger partial charge in [0.25, 0.3) is 0 Å². The fourth-order valence-corrected chi connectivity index (χ4v) is 1.20. The molecule has 1 aromatic heterocycles. The Morgan fingerprint density at radius 1 is 1.59 bits per heavy atom. The molecule has 0 fully saturated rings. The van der Waals surface area contributed by atoms with Crippen molar-refractivity contribution in [3.8, 4) is 5.75 Å². The second-order valence-corrected chi connectivity index (χ2v) is 4.74. The average molecular weight is 241 g/mol. The minimum atomic E-state index is -0.737. The van der Waals surface area contributed by atoms with Crippen molar-refractivity contribution in [3.63, 3.8) is 0 Å². The summed E-state index contributed by atoms with van der Waals surface area (Å²) in [6.45, 7) is 5.66. The van der Waals surface area contributed by atoms with Crippen molar-refractivity contribution in [1.82, 2.24) is 9.78 Å². The zero-order valence-corrected chi connectivity index (χ0v) is 10.6. The van der Waals surface area contributed by atoms with Gasteiger partial charge < -0.3 is 15.2 Å². The van der Waals surface area contributed by atoms with Gasteiger partial charge >= 0.3 is 5.97 Å². The molecule has 0 aliphatic rings. The third-order valence-electron chi connectivity index (χ3n) is 1.94. The highest BCUT2D eigenvalue weighted by molar-refractivity contribution is 5.75. The van der Waals surface area contributed by atoms with Gasteiger partial charge in [-0.3, -0.25) is 9.48 Å². The summed E-state index contributed by atoms with van der Waals surface area (Å²) < 4.78 is 11.7. The van der Waals surface area contributed by atoms with Crippen LogP contribution in [-0.2, 0) is 16.1 Å². The summed E-state index contributed by atoms with van der Waals surface area (Å²) in [6, 6.07) is -0.737. The fraction of sp³-hybridized carbons (Fsp3) is 0.636. The Morgan fingerprint density at radius 2 is 2.24 bits per heavy atom. The SMILES string of the molecule is COc1cnn(CC(N)C(=O)OC(C)(C)C)c1. The summed E-state index contributed by atoms with van der Waals surface area (Å²) in [7, 11) is 1.55. The third-order valence-corrected chi connectivity index (χ3v) is 1.94. The van der Waals surface area contributed by atoms with Crippen molar-refractivity contribution < 1.29 is 14.3 Å². The number of rotatable bonds is 4. The van der Waals surface area contributed by atoms with Gasteiger partial charge in [-0.1, -0.05) is 0 Å². The lowest BCUT2D eigenvalue weighted by molar-refractivity contribution is -0.156. The third kappa shape index (κ3) is 4.44. The zero-order valence-electron chi connectivity index (χ0n) is 10.6. The van der Waals surface area contributed by atoms with Crippen molar-refractivity contribution in [1.29, 1.82) is 0 Å². The number of ether oxygens (including phenoxy) is 2. The molecule has 0 bridgehead atoms. The summed E-state index contributed by atoms with van der Waals surface area (Å²) >= 11 is 0. The van der Waals surface area contributed by atoms with E-state index in [4.69, 9.17) is 15.2 Å². The van der Waals surface area contributed by atoms with Crippen LogP contribution in [0.3, 0.4) is 0 Å². The number of carbonyl (C=O) groups excluding carboxylic acids is 1. The molecule has 6 nitrogen and oxygen atoms in total. The van der Waals surface area contributed by atoms with E-state index in [0.717, 1.165) is 0 Å². The van der Waals surface area contributed by atoms with Crippen LogP contribution in [0.1, 0.15) is 20.8 Å². The largest absolute Gasteiger partial charge is 0.493 e. The molecule has 0 spiro atoms. The van der Waals surface area contributed by atoms with Crippen LogP contribution in [0.25, 0.3) is 0 Å². The van der Waals surface area contributed by atoms with E-state index in [9.17, 15) is 4.79 Å². The maximum atomic E-state index is 11.6. The lowest BCUT2D eigenvalue weighted by Crippen LogP contribution is -2.40. The normalized spacial score (nSPS) is 13.2. The van der Waals surface area contributed by atoms with Crippen molar-refractivity contribution in [2.45, 2.75) is 39.0 Å². The number of hydrogen-bond acceptors (Lipinski definition) is 5. The Bertz CT molecular complexity index is 382. The van der Waals surface area contributed by atoms with Crippen molar-refractivity contribution in [2.24, 2.45) is 5.73 Å². The van der Waals surface area contributed by atoms with Crippen LogP contribution >= 0.6 is 0 Å². The van der Waals surface area contributed by atoms with E-state index in [2.05, 4.69) is 5.10 Å². The van der Waals surface area contributed by atoms with Gasteiger partial charge in [-0.25, -0.2) is 0 Å². The van der Waals surface area contributed by atoms with Crippen molar-refractivity contribution >= 4 is 5.97 Å². The molecule has 0 radical (unpaired) electrons. The van der Waals surface area contributed by atoms with Crippen LogP contribution in [0.4, 0.5) is 0 Å². The predicted molar refractivity (Wildman–Crippen MR) is 62.6 cm³/mol. The maximum Gasteiger partial charge on any atom is 0.325 e. The first-order valence-corrected chi connectivity index (χ1v) is 5.36. The predicted octanol–water partition coefficient (Wildman–Crippen LogP) is 0.561. The molecule has 2 N–H and O–H groups in total. The van der Waals surface area contributed by atoms with Crippen molar-refractivity contribution in [2.75, 3.05) is 7.11 Å². The summed E-state index contributed by atoms with van der Waals surface area (Å²) in [6.07, 6.45) is 3.23. The minimum Gasteiger partial charge on any atom is -0.493 e. The second kappa shape index (κ2) is 5.18. The van der Waals surface area contributed by atoms with Crippen LogP contribution in [0, 0.1) is 0 Å². The first kappa shape index (κ1) is 13.5. The highest BCUT2D eigenvalue weighted by atomic mass is 16.6. The zero-order chi connectivity index (χ0) is 13.1. The lowest BCUT2D eigenvalue weighted by Gasteiger charge is -2.22. The van der Waals surface area contributed by atoms with E-state index in [0.29, 0.717) is 5.75 Å². The molecule has 96 valence electrons. The molecule has 0 amide bonds. The highest BCUT2D eigenvalue weighted by Crippen LogP contribution is 2.10. The van der Waals surface area contributed by atoms with E-state index in [-0.39, 0.29) is 6.54 Å². The van der Waals surface area contributed by atoms with Gasteiger partial charge in [-0.2, -0.15) is 5.10 Å². The molecule has 1 unspecified atom stereocenters.